The number of nitrogens with zero attached hydrogens (tertiary/aromatic N) is 2. The molecular weight excluding hydrogens is 368 g/mol. The summed E-state index contributed by atoms with van der Waals surface area (Å²) >= 11 is 0. The molecule has 0 bridgehead atoms. The van der Waals surface area contributed by atoms with Crippen molar-refractivity contribution in [2.45, 2.75) is 45.8 Å². The van der Waals surface area contributed by atoms with Crippen LogP contribution in [0, 0.1) is 0 Å². The minimum atomic E-state index is -0.0300. The fourth-order valence-electron chi connectivity index (χ4n) is 3.75. The number of benzene rings is 2. The van der Waals surface area contributed by atoms with Crippen molar-refractivity contribution in [2.24, 2.45) is 0 Å². The minimum Gasteiger partial charge on any atom is -0.489 e. The maximum atomic E-state index is 11.5. The number of aromatic nitrogens is 2. The van der Waals surface area contributed by atoms with Crippen LogP contribution in [0.2, 0.25) is 0 Å². The first kappa shape index (κ1) is 19.0. The Morgan fingerprint density at radius 1 is 1.31 bits per heavy atom. The average Bonchev–Trinajstić information content (AvgIpc) is 3.30. The lowest BCUT2D eigenvalue weighted by Gasteiger charge is -2.12. The normalized spacial score (nSPS) is 15.4. The molecule has 1 aliphatic carbocycles. The van der Waals surface area contributed by atoms with Crippen molar-refractivity contribution in [1.82, 2.24) is 15.5 Å². The number of nitrogens with one attached hydrogen (secondary N) is 1. The fourth-order valence-corrected chi connectivity index (χ4v) is 3.75. The Kier molecular flexibility index (Phi) is 4.96. The quantitative estimate of drug-likeness (QED) is 0.639. The van der Waals surface area contributed by atoms with Crippen LogP contribution in [0.3, 0.4) is 0 Å². The van der Waals surface area contributed by atoms with Crippen molar-refractivity contribution in [3.8, 4) is 28.6 Å². The first-order valence-electron chi connectivity index (χ1n) is 9.72. The van der Waals surface area contributed by atoms with E-state index >= 15 is 0 Å². The number of rotatable bonds is 5. The van der Waals surface area contributed by atoms with Crippen molar-refractivity contribution < 1.29 is 14.1 Å². The zero-order chi connectivity index (χ0) is 20.5. The summed E-state index contributed by atoms with van der Waals surface area (Å²) in [6, 6.07) is 11.5. The Bertz CT molecular complexity index is 1060. The number of nitrogen functional groups attached to an aromatic ring is 1. The van der Waals surface area contributed by atoms with E-state index in [0.29, 0.717) is 23.2 Å². The standard InChI is InChI=1S/C22H24N4O3/c1-12(2)28-20-10-7-14(11-18(20)23)22-25-21(26-29-22)17-6-4-5-16-15(17)8-9-19(16)24-13(3)27/h4-7,10-12,19H,8-9,23H2,1-3H3,(H,24,27)/t19-/m1/s1. The van der Waals surface area contributed by atoms with Gasteiger partial charge < -0.3 is 20.3 Å². The number of carbonyl (C=O) groups excluding carboxylic acids is 1. The maximum absolute atomic E-state index is 11.5. The highest BCUT2D eigenvalue weighted by Gasteiger charge is 2.27. The van der Waals surface area contributed by atoms with Gasteiger partial charge in [0.05, 0.1) is 17.8 Å². The van der Waals surface area contributed by atoms with E-state index in [1.165, 1.54) is 6.92 Å². The molecule has 1 heterocycles. The molecule has 1 aliphatic rings. The van der Waals surface area contributed by atoms with E-state index in [1.54, 1.807) is 6.07 Å². The predicted molar refractivity (Wildman–Crippen MR) is 110 cm³/mol. The van der Waals surface area contributed by atoms with E-state index in [-0.39, 0.29) is 18.1 Å². The van der Waals surface area contributed by atoms with E-state index in [1.807, 2.05) is 44.2 Å². The van der Waals surface area contributed by atoms with Crippen LogP contribution in [0.1, 0.15) is 44.4 Å². The third kappa shape index (κ3) is 3.81. The summed E-state index contributed by atoms with van der Waals surface area (Å²) in [5, 5.41) is 7.18. The molecule has 1 atom stereocenters. The summed E-state index contributed by atoms with van der Waals surface area (Å²) in [5.41, 5.74) is 10.6. The van der Waals surface area contributed by atoms with Gasteiger partial charge in [-0.1, -0.05) is 23.4 Å². The van der Waals surface area contributed by atoms with Gasteiger partial charge in [-0.25, -0.2) is 0 Å². The van der Waals surface area contributed by atoms with Crippen molar-refractivity contribution in [2.75, 3.05) is 5.73 Å². The molecule has 3 N–H and O–H groups in total. The molecule has 7 heteroatoms. The van der Waals surface area contributed by atoms with E-state index in [4.69, 9.17) is 15.0 Å². The van der Waals surface area contributed by atoms with Crippen LogP contribution in [0.15, 0.2) is 40.9 Å². The maximum Gasteiger partial charge on any atom is 0.258 e. The number of ether oxygens (including phenoxy) is 1. The summed E-state index contributed by atoms with van der Waals surface area (Å²) in [5.74, 6) is 1.53. The second-order valence-corrected chi connectivity index (χ2v) is 7.51. The highest BCUT2D eigenvalue weighted by molar-refractivity contribution is 5.74. The molecule has 0 saturated carbocycles. The lowest BCUT2D eigenvalue weighted by molar-refractivity contribution is -0.119. The number of carbonyl (C=O) groups is 1. The van der Waals surface area contributed by atoms with Gasteiger partial charge in [0, 0.05) is 18.1 Å². The summed E-state index contributed by atoms with van der Waals surface area (Å²) in [4.78, 5) is 16.0. The summed E-state index contributed by atoms with van der Waals surface area (Å²) in [7, 11) is 0. The minimum absolute atomic E-state index is 0.0297. The van der Waals surface area contributed by atoms with E-state index in [2.05, 4.69) is 15.5 Å². The van der Waals surface area contributed by atoms with E-state index in [0.717, 1.165) is 35.1 Å². The molecule has 0 spiro atoms. The lowest BCUT2D eigenvalue weighted by atomic mass is 10.0. The summed E-state index contributed by atoms with van der Waals surface area (Å²) < 4.78 is 11.2. The molecule has 4 rings (SSSR count). The van der Waals surface area contributed by atoms with Gasteiger partial charge in [0.1, 0.15) is 5.75 Å². The van der Waals surface area contributed by atoms with Gasteiger partial charge in [0.2, 0.25) is 11.7 Å². The van der Waals surface area contributed by atoms with Crippen LogP contribution in [0.5, 0.6) is 5.75 Å². The van der Waals surface area contributed by atoms with Crippen molar-refractivity contribution in [3.63, 3.8) is 0 Å². The zero-order valence-electron chi connectivity index (χ0n) is 16.7. The van der Waals surface area contributed by atoms with Gasteiger partial charge in [-0.15, -0.1) is 0 Å². The Morgan fingerprint density at radius 3 is 2.86 bits per heavy atom. The second kappa shape index (κ2) is 7.58. The molecule has 1 amide bonds. The van der Waals surface area contributed by atoms with E-state index < -0.39 is 0 Å². The highest BCUT2D eigenvalue weighted by Crippen LogP contribution is 2.37. The Labute approximate surface area is 169 Å². The van der Waals surface area contributed by atoms with Crippen molar-refractivity contribution >= 4 is 11.6 Å². The zero-order valence-corrected chi connectivity index (χ0v) is 16.7. The Morgan fingerprint density at radius 2 is 2.14 bits per heavy atom. The average molecular weight is 392 g/mol. The van der Waals surface area contributed by atoms with Gasteiger partial charge in [-0.2, -0.15) is 4.98 Å². The smallest absolute Gasteiger partial charge is 0.258 e. The molecule has 1 aromatic heterocycles. The molecule has 0 radical (unpaired) electrons. The number of hydrogen-bond donors (Lipinski definition) is 2. The first-order valence-corrected chi connectivity index (χ1v) is 9.72. The van der Waals surface area contributed by atoms with E-state index in [9.17, 15) is 4.79 Å². The molecule has 2 aromatic carbocycles. The topological polar surface area (TPSA) is 103 Å². The monoisotopic (exact) mass is 392 g/mol. The summed E-state index contributed by atoms with van der Waals surface area (Å²) in [6.07, 6.45) is 1.76. The Hall–Kier alpha value is -3.35. The predicted octanol–water partition coefficient (Wildman–Crippen LogP) is 3.90. The number of nitrogens with two attached hydrogens (primary N) is 1. The van der Waals surface area contributed by atoms with Crippen molar-refractivity contribution in [1.29, 1.82) is 0 Å². The number of amides is 1. The van der Waals surface area contributed by atoms with Crippen LogP contribution in [-0.2, 0) is 11.2 Å². The van der Waals surface area contributed by atoms with Gasteiger partial charge in [-0.05, 0) is 56.0 Å². The van der Waals surface area contributed by atoms with Gasteiger partial charge in [-0.3, -0.25) is 4.79 Å². The fraction of sp³-hybridized carbons (Fsp3) is 0.318. The molecule has 3 aromatic rings. The molecule has 0 unspecified atom stereocenters. The van der Waals surface area contributed by atoms with Crippen molar-refractivity contribution in [3.05, 3.63) is 47.5 Å². The third-order valence-electron chi connectivity index (χ3n) is 4.93. The first-order chi connectivity index (χ1) is 13.9. The lowest BCUT2D eigenvalue weighted by Crippen LogP contribution is -2.24. The Balaban J connectivity index is 1.63. The number of hydrogen-bond acceptors (Lipinski definition) is 6. The number of anilines is 1. The van der Waals surface area contributed by atoms with Gasteiger partial charge in [0.15, 0.2) is 0 Å². The third-order valence-corrected chi connectivity index (χ3v) is 4.93. The van der Waals surface area contributed by atoms with Gasteiger partial charge >= 0.3 is 0 Å². The molecule has 150 valence electrons. The highest BCUT2D eigenvalue weighted by atomic mass is 16.5. The van der Waals surface area contributed by atoms with Crippen LogP contribution < -0.4 is 15.8 Å². The largest absolute Gasteiger partial charge is 0.489 e. The van der Waals surface area contributed by atoms with Crippen LogP contribution in [-0.4, -0.2) is 22.2 Å². The van der Waals surface area contributed by atoms with Crippen LogP contribution in [0.25, 0.3) is 22.8 Å². The second-order valence-electron chi connectivity index (χ2n) is 7.51. The summed E-state index contributed by atoms with van der Waals surface area (Å²) in [6.45, 7) is 5.44. The molecular formula is C22H24N4O3. The number of fused-ring (bicyclic) bond motifs is 1. The molecule has 7 nitrogen and oxygen atoms in total. The molecule has 0 saturated heterocycles. The van der Waals surface area contributed by atoms with Crippen LogP contribution >= 0.6 is 0 Å². The SMILES string of the molecule is CC(=O)N[C@@H]1CCc2c(-c3noc(-c4ccc(OC(C)C)c(N)c4)n3)cccc21. The van der Waals surface area contributed by atoms with Crippen LogP contribution in [0.4, 0.5) is 5.69 Å². The molecule has 0 fully saturated rings. The van der Waals surface area contributed by atoms with Gasteiger partial charge in [0.25, 0.3) is 5.89 Å². The molecule has 0 aliphatic heterocycles. The molecule has 29 heavy (non-hydrogen) atoms.